The van der Waals surface area contributed by atoms with Gasteiger partial charge in [-0.1, -0.05) is 171 Å². The maximum atomic E-state index is 12.8. The van der Waals surface area contributed by atoms with Crippen molar-refractivity contribution >= 4 is 11.9 Å². The monoisotopic (exact) mass is 819 g/mol. The number of unbranched alkanes of at least 4 members (excludes halogenated alkanes) is 16. The molecule has 334 valence electrons. The fourth-order valence-electron chi connectivity index (χ4n) is 6.58. The van der Waals surface area contributed by atoms with Crippen LogP contribution in [0.25, 0.3) is 0 Å². The van der Waals surface area contributed by atoms with E-state index in [1.165, 1.54) is 77.0 Å². The fraction of sp³-hybridized carbons (Fsp3) is 0.750. The zero-order chi connectivity index (χ0) is 42.3. The fourth-order valence-corrected chi connectivity index (χ4v) is 6.58. The zero-order valence-electron chi connectivity index (χ0n) is 36.3. The molecule has 6 atom stereocenters. The van der Waals surface area contributed by atoms with Gasteiger partial charge in [0.15, 0.2) is 12.4 Å². The number of carbonyl (C=O) groups is 2. The maximum absolute atomic E-state index is 12.8. The van der Waals surface area contributed by atoms with Gasteiger partial charge in [-0.15, -0.1) is 0 Å². The molecule has 4 N–H and O–H groups in total. The lowest BCUT2D eigenvalue weighted by Gasteiger charge is -2.39. The van der Waals surface area contributed by atoms with Crippen LogP contribution in [0, 0.1) is 0 Å². The number of esters is 2. The first-order valence-electron chi connectivity index (χ1n) is 22.9. The second-order valence-corrected chi connectivity index (χ2v) is 15.5. The molecular formula is C48H82O10. The quantitative estimate of drug-likeness (QED) is 0.0271. The summed E-state index contributed by atoms with van der Waals surface area (Å²) < 4.78 is 22.1. The van der Waals surface area contributed by atoms with Gasteiger partial charge in [-0.05, 0) is 51.4 Å². The van der Waals surface area contributed by atoms with E-state index in [-0.39, 0.29) is 26.1 Å². The number of aliphatic hydroxyl groups is 4. The van der Waals surface area contributed by atoms with Gasteiger partial charge in [0, 0.05) is 12.8 Å². The summed E-state index contributed by atoms with van der Waals surface area (Å²) in [7, 11) is 0. The number of rotatable bonds is 37. The normalized spacial score (nSPS) is 20.7. The van der Waals surface area contributed by atoms with Crippen LogP contribution in [-0.2, 0) is 28.5 Å². The first kappa shape index (κ1) is 53.4. The Kier molecular flexibility index (Phi) is 35.5. The largest absolute Gasteiger partial charge is 0.462 e. The van der Waals surface area contributed by atoms with E-state index >= 15 is 0 Å². The summed E-state index contributed by atoms with van der Waals surface area (Å²) in [5.74, 6) is -0.874. The van der Waals surface area contributed by atoms with Gasteiger partial charge in [0.05, 0.1) is 13.2 Å². The van der Waals surface area contributed by atoms with Crippen LogP contribution in [0.4, 0.5) is 0 Å². The number of hydrogen-bond donors (Lipinski definition) is 4. The maximum Gasteiger partial charge on any atom is 0.306 e. The molecule has 0 radical (unpaired) electrons. The van der Waals surface area contributed by atoms with Crippen LogP contribution in [0.2, 0.25) is 0 Å². The third kappa shape index (κ3) is 29.6. The molecule has 10 nitrogen and oxygen atoms in total. The molecule has 1 aliphatic rings. The van der Waals surface area contributed by atoms with Crippen LogP contribution in [0.1, 0.15) is 174 Å². The number of allylic oxidation sites excluding steroid dienone is 10. The molecule has 0 aromatic rings. The average molecular weight is 819 g/mol. The highest BCUT2D eigenvalue weighted by Crippen LogP contribution is 2.22. The van der Waals surface area contributed by atoms with Crippen molar-refractivity contribution in [3.8, 4) is 0 Å². The Balaban J connectivity index is 2.36. The van der Waals surface area contributed by atoms with Crippen LogP contribution in [0.5, 0.6) is 0 Å². The summed E-state index contributed by atoms with van der Waals surface area (Å²) in [5.41, 5.74) is 0. The summed E-state index contributed by atoms with van der Waals surface area (Å²) in [6.07, 6.45) is 39.4. The lowest BCUT2D eigenvalue weighted by atomic mass is 9.99. The van der Waals surface area contributed by atoms with E-state index in [9.17, 15) is 30.0 Å². The average Bonchev–Trinajstić information content (AvgIpc) is 3.22. The third-order valence-corrected chi connectivity index (χ3v) is 10.2. The van der Waals surface area contributed by atoms with Crippen molar-refractivity contribution in [1.82, 2.24) is 0 Å². The minimum atomic E-state index is -1.60. The highest BCUT2D eigenvalue weighted by molar-refractivity contribution is 5.70. The molecule has 1 fully saturated rings. The third-order valence-electron chi connectivity index (χ3n) is 10.2. The summed E-state index contributed by atoms with van der Waals surface area (Å²) >= 11 is 0. The van der Waals surface area contributed by atoms with Crippen LogP contribution >= 0.6 is 0 Å². The van der Waals surface area contributed by atoms with E-state index in [4.69, 9.17) is 18.9 Å². The van der Waals surface area contributed by atoms with Crippen molar-refractivity contribution < 1.29 is 49.0 Å². The van der Waals surface area contributed by atoms with E-state index in [2.05, 4.69) is 68.5 Å². The van der Waals surface area contributed by atoms with Crippen LogP contribution in [0.3, 0.4) is 0 Å². The predicted molar refractivity (Wildman–Crippen MR) is 233 cm³/mol. The molecule has 1 rings (SSSR count). The van der Waals surface area contributed by atoms with E-state index < -0.39 is 55.4 Å². The molecule has 0 aromatic carbocycles. The Morgan fingerprint density at radius 3 is 1.52 bits per heavy atom. The molecule has 0 aliphatic carbocycles. The molecular weight excluding hydrogens is 737 g/mol. The van der Waals surface area contributed by atoms with Crippen molar-refractivity contribution in [2.75, 3.05) is 19.8 Å². The van der Waals surface area contributed by atoms with Gasteiger partial charge in [0.1, 0.15) is 31.0 Å². The number of carbonyl (C=O) groups excluding carboxylic acids is 2. The summed E-state index contributed by atoms with van der Waals surface area (Å²) in [4.78, 5) is 25.3. The molecule has 1 saturated heterocycles. The zero-order valence-corrected chi connectivity index (χ0v) is 36.3. The molecule has 1 aliphatic heterocycles. The van der Waals surface area contributed by atoms with Gasteiger partial charge in [0.25, 0.3) is 0 Å². The molecule has 0 aromatic heterocycles. The van der Waals surface area contributed by atoms with Crippen molar-refractivity contribution in [1.29, 1.82) is 0 Å². The minimum absolute atomic E-state index is 0.196. The van der Waals surface area contributed by atoms with Crippen molar-refractivity contribution in [3.63, 3.8) is 0 Å². The van der Waals surface area contributed by atoms with Gasteiger partial charge in [-0.25, -0.2) is 0 Å². The molecule has 0 bridgehead atoms. The Morgan fingerprint density at radius 1 is 0.552 bits per heavy atom. The number of ether oxygens (including phenoxy) is 4. The molecule has 1 heterocycles. The lowest BCUT2D eigenvalue weighted by Crippen LogP contribution is -2.59. The second-order valence-electron chi connectivity index (χ2n) is 15.5. The SMILES string of the molecule is CC/C=C/C/C=C/C/C=C/C/C=C/C/C=C/CCCC(=O)OC[C@@H](CO[C@H]1O[C@@H](CO)[C@@H](O)C(O)C1O)OC(=O)CCCCCCCCCCCCCCCCCC. The van der Waals surface area contributed by atoms with Gasteiger partial charge < -0.3 is 39.4 Å². The lowest BCUT2D eigenvalue weighted by molar-refractivity contribution is -0.305. The predicted octanol–water partition coefficient (Wildman–Crippen LogP) is 9.83. The van der Waals surface area contributed by atoms with Crippen molar-refractivity contribution in [3.05, 3.63) is 60.8 Å². The first-order valence-corrected chi connectivity index (χ1v) is 22.9. The van der Waals surface area contributed by atoms with E-state index in [1.807, 2.05) is 6.08 Å². The van der Waals surface area contributed by atoms with Crippen molar-refractivity contribution in [2.45, 2.75) is 211 Å². The van der Waals surface area contributed by atoms with Crippen molar-refractivity contribution in [2.24, 2.45) is 0 Å². The van der Waals surface area contributed by atoms with Gasteiger partial charge in [0.2, 0.25) is 0 Å². The minimum Gasteiger partial charge on any atom is -0.462 e. The van der Waals surface area contributed by atoms with E-state index in [0.29, 0.717) is 12.8 Å². The molecule has 58 heavy (non-hydrogen) atoms. The topological polar surface area (TPSA) is 152 Å². The first-order chi connectivity index (χ1) is 28.3. The Hall–Kier alpha value is -2.60. The van der Waals surface area contributed by atoms with Crippen LogP contribution < -0.4 is 0 Å². The molecule has 10 heteroatoms. The molecule has 0 amide bonds. The summed E-state index contributed by atoms with van der Waals surface area (Å²) in [5, 5.41) is 40.1. The van der Waals surface area contributed by atoms with Crippen LogP contribution in [-0.4, -0.2) is 89.0 Å². The molecule has 0 saturated carbocycles. The number of hydrogen-bond acceptors (Lipinski definition) is 10. The van der Waals surface area contributed by atoms with Gasteiger partial charge in [-0.3, -0.25) is 9.59 Å². The standard InChI is InChI=1S/C48H82O10/c1-3-5-7-9-11-13-15-17-19-21-23-24-26-28-30-32-34-36-43(50)55-39-41(40-56-48-47(54)46(53)45(52)42(38-49)58-48)57-44(51)37-35-33-31-29-27-25-22-20-18-16-14-12-10-8-6-4-2/h5,7,11,13,17,19,23-24,28,30,41-42,45-49,52-54H,3-4,6,8-10,12,14-16,18,20-22,25-27,29,31-40H2,1-2H3/b7-5+,13-11+,19-17+,24-23+,30-28+/t41-,42-,45+,46?,47?,48-/m0/s1. The van der Waals surface area contributed by atoms with E-state index in [1.54, 1.807) is 0 Å². The number of aliphatic hydroxyl groups excluding tert-OH is 4. The summed E-state index contributed by atoms with van der Waals surface area (Å²) in [6, 6.07) is 0. The Bertz CT molecular complexity index is 1130. The Labute approximate surface area is 351 Å². The Morgan fingerprint density at radius 2 is 1.02 bits per heavy atom. The highest BCUT2D eigenvalue weighted by atomic mass is 16.7. The van der Waals surface area contributed by atoms with E-state index in [0.717, 1.165) is 57.8 Å². The van der Waals surface area contributed by atoms with Gasteiger partial charge in [-0.2, -0.15) is 0 Å². The molecule has 0 spiro atoms. The second kappa shape index (κ2) is 38.6. The molecule has 2 unspecified atom stereocenters. The van der Waals surface area contributed by atoms with Crippen LogP contribution in [0.15, 0.2) is 60.8 Å². The summed E-state index contributed by atoms with van der Waals surface area (Å²) in [6.45, 7) is 3.25. The highest BCUT2D eigenvalue weighted by Gasteiger charge is 2.44. The van der Waals surface area contributed by atoms with Gasteiger partial charge >= 0.3 is 11.9 Å². The smallest absolute Gasteiger partial charge is 0.306 e.